The summed E-state index contributed by atoms with van der Waals surface area (Å²) in [6.07, 6.45) is 4.58. The molecule has 4 rings (SSSR count). The first-order valence-corrected chi connectivity index (χ1v) is 8.41. The largest absolute Gasteiger partial charge is 0.399 e. The van der Waals surface area contributed by atoms with Gasteiger partial charge in [0.25, 0.3) is 0 Å². The van der Waals surface area contributed by atoms with Crippen LogP contribution in [0.5, 0.6) is 0 Å². The molecular formula is C17H17N3S. The summed E-state index contributed by atoms with van der Waals surface area (Å²) in [7, 11) is 0. The summed E-state index contributed by atoms with van der Waals surface area (Å²) >= 11 is 1.76. The van der Waals surface area contributed by atoms with E-state index in [0.717, 1.165) is 16.7 Å². The second kappa shape index (κ2) is 4.81. The molecule has 0 bridgehead atoms. The van der Waals surface area contributed by atoms with Gasteiger partial charge in [0.1, 0.15) is 5.82 Å². The first-order valence-electron chi connectivity index (χ1n) is 7.18. The minimum Gasteiger partial charge on any atom is -0.399 e. The van der Waals surface area contributed by atoms with Gasteiger partial charge in [-0.05, 0) is 55.5 Å². The molecule has 4 heteroatoms. The van der Waals surface area contributed by atoms with Crippen molar-refractivity contribution in [2.75, 3.05) is 12.0 Å². The lowest BCUT2D eigenvalue weighted by Crippen LogP contribution is -2.00. The zero-order chi connectivity index (χ0) is 14.4. The maximum Gasteiger partial charge on any atom is 0.117 e. The van der Waals surface area contributed by atoms with E-state index in [9.17, 15) is 0 Å². The summed E-state index contributed by atoms with van der Waals surface area (Å²) in [4.78, 5) is 6.11. The molecule has 3 nitrogen and oxygen atoms in total. The first-order chi connectivity index (χ1) is 10.3. The fraction of sp³-hybridized carbons (Fsp3) is 0.235. The molecule has 0 radical (unpaired) electrons. The fourth-order valence-electron chi connectivity index (χ4n) is 2.75. The van der Waals surface area contributed by atoms with Gasteiger partial charge in [-0.25, -0.2) is 4.98 Å². The smallest absolute Gasteiger partial charge is 0.117 e. The Bertz CT molecular complexity index is 818. The molecular weight excluding hydrogens is 278 g/mol. The lowest BCUT2D eigenvalue weighted by molar-refractivity contribution is 0.894. The highest BCUT2D eigenvalue weighted by atomic mass is 32.2. The summed E-state index contributed by atoms with van der Waals surface area (Å²) < 4.78 is 2.30. The number of nitrogens with two attached hydrogens (primary N) is 1. The Morgan fingerprint density at radius 3 is 2.81 bits per heavy atom. The van der Waals surface area contributed by atoms with Crippen molar-refractivity contribution < 1.29 is 0 Å². The molecule has 2 N–H and O–H groups in total. The van der Waals surface area contributed by atoms with E-state index in [2.05, 4.69) is 41.2 Å². The van der Waals surface area contributed by atoms with E-state index in [4.69, 9.17) is 10.7 Å². The van der Waals surface area contributed by atoms with Gasteiger partial charge in [0, 0.05) is 22.2 Å². The van der Waals surface area contributed by atoms with E-state index < -0.39 is 0 Å². The number of nitrogen functional groups attached to an aromatic ring is 1. The topological polar surface area (TPSA) is 43.8 Å². The third-order valence-corrected chi connectivity index (χ3v) is 4.68. The quantitative estimate of drug-likeness (QED) is 0.581. The molecule has 3 aromatic rings. The van der Waals surface area contributed by atoms with Crippen molar-refractivity contribution in [3.05, 3.63) is 48.3 Å². The molecule has 0 saturated heterocycles. The molecule has 1 aliphatic rings. The lowest BCUT2D eigenvalue weighted by atomic mass is 10.2. The number of benzene rings is 2. The molecule has 1 aliphatic carbocycles. The van der Waals surface area contributed by atoms with Crippen LogP contribution >= 0.6 is 11.8 Å². The molecule has 0 aliphatic heterocycles. The Labute approximate surface area is 128 Å². The highest BCUT2D eigenvalue weighted by molar-refractivity contribution is 7.98. The van der Waals surface area contributed by atoms with E-state index in [0.29, 0.717) is 5.92 Å². The van der Waals surface area contributed by atoms with Crippen LogP contribution in [0, 0.1) is 0 Å². The van der Waals surface area contributed by atoms with Crippen LogP contribution in [0.3, 0.4) is 0 Å². The molecule has 0 amide bonds. The standard InChI is InChI=1S/C17H17N3S/c1-21-14-4-2-3-13(10-14)20-16-8-7-12(18)9-15(16)19-17(20)11-5-6-11/h2-4,7-11H,5-6,18H2,1H3. The Morgan fingerprint density at radius 2 is 2.05 bits per heavy atom. The molecule has 1 heterocycles. The van der Waals surface area contributed by atoms with Crippen LogP contribution < -0.4 is 5.73 Å². The predicted octanol–water partition coefficient (Wildman–Crippen LogP) is 4.21. The van der Waals surface area contributed by atoms with Crippen LogP contribution in [0.15, 0.2) is 47.4 Å². The van der Waals surface area contributed by atoms with Crippen molar-refractivity contribution in [3.63, 3.8) is 0 Å². The predicted molar refractivity (Wildman–Crippen MR) is 89.2 cm³/mol. The van der Waals surface area contributed by atoms with E-state index in [-0.39, 0.29) is 0 Å². The van der Waals surface area contributed by atoms with E-state index >= 15 is 0 Å². The third kappa shape index (κ3) is 2.20. The lowest BCUT2D eigenvalue weighted by Gasteiger charge is -2.10. The van der Waals surface area contributed by atoms with E-state index in [1.807, 2.05) is 12.1 Å². The van der Waals surface area contributed by atoms with Gasteiger partial charge in [0.2, 0.25) is 0 Å². The summed E-state index contributed by atoms with van der Waals surface area (Å²) in [6.45, 7) is 0. The Kier molecular flexibility index (Phi) is 2.93. The Hall–Kier alpha value is -1.94. The van der Waals surface area contributed by atoms with Gasteiger partial charge in [-0.2, -0.15) is 0 Å². The average molecular weight is 295 g/mol. The highest BCUT2D eigenvalue weighted by Gasteiger charge is 2.30. The molecule has 2 aromatic carbocycles. The first kappa shape index (κ1) is 12.8. The molecule has 1 saturated carbocycles. The minimum atomic E-state index is 0.594. The Morgan fingerprint density at radius 1 is 1.19 bits per heavy atom. The highest BCUT2D eigenvalue weighted by Crippen LogP contribution is 2.42. The average Bonchev–Trinajstić information content (AvgIpc) is 3.28. The normalized spacial score (nSPS) is 14.7. The Balaban J connectivity index is 1.98. The summed E-state index contributed by atoms with van der Waals surface area (Å²) in [5.41, 5.74) is 10.0. The van der Waals surface area contributed by atoms with Gasteiger partial charge >= 0.3 is 0 Å². The van der Waals surface area contributed by atoms with E-state index in [1.54, 1.807) is 11.8 Å². The number of nitrogens with zero attached hydrogens (tertiary/aromatic N) is 2. The third-order valence-electron chi connectivity index (χ3n) is 3.96. The molecule has 1 aromatic heterocycles. The SMILES string of the molecule is CSc1cccc(-n2c(C3CC3)nc3cc(N)ccc32)c1. The second-order valence-electron chi connectivity index (χ2n) is 5.53. The molecule has 0 atom stereocenters. The molecule has 0 unspecified atom stereocenters. The van der Waals surface area contributed by atoms with Crippen LogP contribution in [-0.4, -0.2) is 15.8 Å². The number of hydrogen-bond donors (Lipinski definition) is 1. The number of rotatable bonds is 3. The van der Waals surface area contributed by atoms with Gasteiger partial charge in [0.05, 0.1) is 11.0 Å². The summed E-state index contributed by atoms with van der Waals surface area (Å²) in [5.74, 6) is 1.77. The van der Waals surface area contributed by atoms with Gasteiger partial charge in [-0.1, -0.05) is 6.07 Å². The van der Waals surface area contributed by atoms with Crippen molar-refractivity contribution in [2.24, 2.45) is 0 Å². The van der Waals surface area contributed by atoms with Gasteiger partial charge in [-0.15, -0.1) is 11.8 Å². The van der Waals surface area contributed by atoms with Crippen molar-refractivity contribution in [2.45, 2.75) is 23.7 Å². The number of thioether (sulfide) groups is 1. The van der Waals surface area contributed by atoms with Crippen LogP contribution in [0.2, 0.25) is 0 Å². The van der Waals surface area contributed by atoms with Crippen molar-refractivity contribution in [1.29, 1.82) is 0 Å². The summed E-state index contributed by atoms with van der Waals surface area (Å²) in [5, 5.41) is 0. The number of fused-ring (bicyclic) bond motifs is 1. The zero-order valence-corrected chi connectivity index (χ0v) is 12.7. The van der Waals surface area contributed by atoms with Crippen molar-refractivity contribution in [3.8, 4) is 5.69 Å². The zero-order valence-electron chi connectivity index (χ0n) is 11.9. The van der Waals surface area contributed by atoms with Crippen LogP contribution in [0.4, 0.5) is 5.69 Å². The molecule has 1 fully saturated rings. The van der Waals surface area contributed by atoms with Crippen molar-refractivity contribution >= 4 is 28.5 Å². The number of imidazole rings is 1. The van der Waals surface area contributed by atoms with Gasteiger partial charge < -0.3 is 5.73 Å². The molecule has 21 heavy (non-hydrogen) atoms. The number of aromatic nitrogens is 2. The molecule has 0 spiro atoms. The van der Waals surface area contributed by atoms with Crippen LogP contribution in [0.1, 0.15) is 24.6 Å². The number of anilines is 1. The van der Waals surface area contributed by atoms with Crippen LogP contribution in [0.25, 0.3) is 16.7 Å². The van der Waals surface area contributed by atoms with E-state index in [1.165, 1.54) is 29.2 Å². The molecule has 106 valence electrons. The van der Waals surface area contributed by atoms with Crippen LogP contribution in [-0.2, 0) is 0 Å². The maximum atomic E-state index is 5.91. The van der Waals surface area contributed by atoms with Crippen molar-refractivity contribution in [1.82, 2.24) is 9.55 Å². The van der Waals surface area contributed by atoms with Gasteiger partial charge in [0.15, 0.2) is 0 Å². The maximum absolute atomic E-state index is 5.91. The minimum absolute atomic E-state index is 0.594. The van der Waals surface area contributed by atoms with Gasteiger partial charge in [-0.3, -0.25) is 4.57 Å². The monoisotopic (exact) mass is 295 g/mol. The second-order valence-corrected chi connectivity index (χ2v) is 6.41. The number of hydrogen-bond acceptors (Lipinski definition) is 3. The summed E-state index contributed by atoms with van der Waals surface area (Å²) in [6, 6.07) is 14.6. The fourth-order valence-corrected chi connectivity index (χ4v) is 3.21.